The van der Waals surface area contributed by atoms with Crippen LogP contribution in [0.25, 0.3) is 10.9 Å². The van der Waals surface area contributed by atoms with E-state index in [2.05, 4.69) is 33.0 Å². The van der Waals surface area contributed by atoms with Crippen LogP contribution in [-0.2, 0) is 22.6 Å². The van der Waals surface area contributed by atoms with E-state index in [4.69, 9.17) is 0 Å². The summed E-state index contributed by atoms with van der Waals surface area (Å²) in [6.07, 6.45) is 3.96. The van der Waals surface area contributed by atoms with Crippen molar-refractivity contribution in [3.63, 3.8) is 0 Å². The number of nitrogens with zero attached hydrogens (tertiary/aromatic N) is 3. The molecule has 3 heterocycles. The highest BCUT2D eigenvalue weighted by atomic mass is 16.4. The molecule has 2 aliphatic heterocycles. The zero-order valence-corrected chi connectivity index (χ0v) is 21.7. The molecule has 8 heteroatoms. The number of benzene rings is 2. The monoisotopic (exact) mass is 514 g/mol. The smallest absolute Gasteiger partial charge is 0.306 e. The summed E-state index contributed by atoms with van der Waals surface area (Å²) in [5, 5.41) is 13.5. The molecule has 1 aromatic heterocycles. The van der Waals surface area contributed by atoms with Crippen LogP contribution in [0.3, 0.4) is 0 Å². The fourth-order valence-corrected chi connectivity index (χ4v) is 6.72. The third-order valence-corrected chi connectivity index (χ3v) is 8.75. The highest BCUT2D eigenvalue weighted by Crippen LogP contribution is 2.44. The third kappa shape index (κ3) is 4.12. The first-order valence-electron chi connectivity index (χ1n) is 13.7. The van der Waals surface area contributed by atoms with E-state index in [9.17, 15) is 19.5 Å². The second-order valence-electron chi connectivity index (χ2n) is 10.9. The molecule has 6 rings (SSSR count). The summed E-state index contributed by atoms with van der Waals surface area (Å²) in [5.41, 5.74) is 5.12. The van der Waals surface area contributed by atoms with E-state index in [1.54, 1.807) is 0 Å². The lowest BCUT2D eigenvalue weighted by molar-refractivity contribution is -0.143. The maximum Gasteiger partial charge on any atom is 0.306 e. The number of carboxylic acids is 1. The fraction of sp³-hybridized carbons (Fsp3) is 0.433. The van der Waals surface area contributed by atoms with Gasteiger partial charge in [0, 0.05) is 44.0 Å². The molecule has 0 bridgehead atoms. The average molecular weight is 515 g/mol. The van der Waals surface area contributed by atoms with Crippen LogP contribution in [0.15, 0.2) is 48.5 Å². The van der Waals surface area contributed by atoms with Gasteiger partial charge in [0.25, 0.3) is 5.91 Å². The number of fused-ring (bicyclic) bond motifs is 6. The van der Waals surface area contributed by atoms with Gasteiger partial charge in [-0.2, -0.15) is 0 Å². The predicted molar refractivity (Wildman–Crippen MR) is 145 cm³/mol. The van der Waals surface area contributed by atoms with Gasteiger partial charge in [-0.1, -0.05) is 30.3 Å². The van der Waals surface area contributed by atoms with Crippen LogP contribution < -0.4 is 10.2 Å². The number of carboxylic acid groups (broad SMARTS) is 1. The summed E-state index contributed by atoms with van der Waals surface area (Å²) in [7, 11) is 2.05. The maximum atomic E-state index is 13.5. The molecular formula is C30H34N4O4. The number of rotatable bonds is 6. The number of anilines is 1. The molecule has 198 valence electrons. The molecule has 3 aliphatic rings. The van der Waals surface area contributed by atoms with Crippen molar-refractivity contribution in [2.45, 2.75) is 51.2 Å². The van der Waals surface area contributed by atoms with E-state index in [1.165, 1.54) is 10.9 Å². The molecule has 2 amide bonds. The number of aliphatic carboxylic acids is 1. The van der Waals surface area contributed by atoms with Gasteiger partial charge in [0.1, 0.15) is 6.17 Å². The number of para-hydroxylation sites is 2. The number of aryl methyl sites for hydroxylation is 1. The zero-order valence-electron chi connectivity index (χ0n) is 21.7. The Labute approximate surface area is 222 Å². The van der Waals surface area contributed by atoms with Gasteiger partial charge < -0.3 is 24.8 Å². The molecule has 0 spiro atoms. The largest absolute Gasteiger partial charge is 0.481 e. The first kappa shape index (κ1) is 24.5. The minimum atomic E-state index is -0.706. The Balaban J connectivity index is 1.23. The summed E-state index contributed by atoms with van der Waals surface area (Å²) in [4.78, 5) is 41.8. The Bertz CT molecular complexity index is 1400. The third-order valence-electron chi connectivity index (χ3n) is 8.75. The van der Waals surface area contributed by atoms with E-state index in [0.29, 0.717) is 44.8 Å². The lowest BCUT2D eigenvalue weighted by Crippen LogP contribution is -2.51. The minimum absolute atomic E-state index is 0.00276. The fourth-order valence-electron chi connectivity index (χ4n) is 6.72. The molecule has 0 unspecified atom stereocenters. The van der Waals surface area contributed by atoms with E-state index in [-0.39, 0.29) is 23.9 Å². The average Bonchev–Trinajstić information content (AvgIpc) is 3.27. The first-order chi connectivity index (χ1) is 18.4. The summed E-state index contributed by atoms with van der Waals surface area (Å²) >= 11 is 0. The lowest BCUT2D eigenvalue weighted by atomic mass is 9.82. The molecule has 2 aromatic carbocycles. The second kappa shape index (κ2) is 9.82. The number of carbonyl (C=O) groups is 3. The minimum Gasteiger partial charge on any atom is -0.481 e. The molecule has 1 fully saturated rings. The van der Waals surface area contributed by atoms with Crippen molar-refractivity contribution in [1.29, 1.82) is 0 Å². The van der Waals surface area contributed by atoms with Gasteiger partial charge >= 0.3 is 5.97 Å². The summed E-state index contributed by atoms with van der Waals surface area (Å²) in [6.45, 7) is 1.79. The first-order valence-corrected chi connectivity index (χ1v) is 13.7. The molecule has 1 saturated carbocycles. The molecule has 0 radical (unpaired) electrons. The number of aromatic nitrogens is 1. The normalized spacial score (nSPS) is 22.6. The Morgan fingerprint density at radius 1 is 1.03 bits per heavy atom. The van der Waals surface area contributed by atoms with Gasteiger partial charge in [-0.25, -0.2) is 0 Å². The van der Waals surface area contributed by atoms with Crippen molar-refractivity contribution in [2.75, 3.05) is 25.0 Å². The number of hydrogen-bond acceptors (Lipinski definition) is 4. The van der Waals surface area contributed by atoms with Crippen molar-refractivity contribution in [3.05, 3.63) is 65.4 Å². The van der Waals surface area contributed by atoms with Gasteiger partial charge in [0.05, 0.1) is 22.9 Å². The van der Waals surface area contributed by atoms with E-state index in [0.717, 1.165) is 41.7 Å². The molecular weight excluding hydrogens is 480 g/mol. The number of carbonyl (C=O) groups excluding carboxylic acids is 2. The molecule has 1 atom stereocenters. The van der Waals surface area contributed by atoms with Crippen LogP contribution in [-0.4, -0.2) is 52.5 Å². The number of nitrogens with one attached hydrogen (secondary N) is 1. The van der Waals surface area contributed by atoms with Crippen molar-refractivity contribution in [1.82, 2.24) is 14.8 Å². The molecule has 8 nitrogen and oxygen atoms in total. The molecule has 1 aliphatic carbocycles. The van der Waals surface area contributed by atoms with Crippen LogP contribution in [0.1, 0.15) is 59.9 Å². The van der Waals surface area contributed by atoms with Gasteiger partial charge in [0.15, 0.2) is 0 Å². The lowest BCUT2D eigenvalue weighted by Gasteiger charge is -2.46. The quantitative estimate of drug-likeness (QED) is 0.515. The summed E-state index contributed by atoms with van der Waals surface area (Å²) in [5.74, 6) is -0.552. The Kier molecular flexibility index (Phi) is 6.33. The van der Waals surface area contributed by atoms with Crippen molar-refractivity contribution in [2.24, 2.45) is 11.8 Å². The highest BCUT2D eigenvalue weighted by Gasteiger charge is 2.42. The SMILES string of the molecule is CN1c2ccccc2C(=O)N2CCc3c(n(CCC(=O)NCC4CCC(C(=O)O)CC4)c4ccccc34)[C@@H]21. The Morgan fingerprint density at radius 2 is 1.76 bits per heavy atom. The molecule has 3 aromatic rings. The second-order valence-corrected chi connectivity index (χ2v) is 10.9. The van der Waals surface area contributed by atoms with Crippen molar-refractivity contribution < 1.29 is 19.5 Å². The van der Waals surface area contributed by atoms with E-state index >= 15 is 0 Å². The number of hydrogen-bond donors (Lipinski definition) is 2. The van der Waals surface area contributed by atoms with Crippen LogP contribution in [0.2, 0.25) is 0 Å². The van der Waals surface area contributed by atoms with Gasteiger partial charge in [-0.3, -0.25) is 14.4 Å². The molecule has 2 N–H and O–H groups in total. The van der Waals surface area contributed by atoms with E-state index in [1.807, 2.05) is 42.3 Å². The van der Waals surface area contributed by atoms with E-state index < -0.39 is 5.97 Å². The van der Waals surface area contributed by atoms with Gasteiger partial charge in [-0.05, 0) is 61.8 Å². The Morgan fingerprint density at radius 3 is 2.55 bits per heavy atom. The summed E-state index contributed by atoms with van der Waals surface area (Å²) in [6, 6.07) is 16.1. The van der Waals surface area contributed by atoms with Gasteiger partial charge in [-0.15, -0.1) is 0 Å². The van der Waals surface area contributed by atoms with Crippen molar-refractivity contribution in [3.8, 4) is 0 Å². The van der Waals surface area contributed by atoms with Crippen LogP contribution in [0, 0.1) is 11.8 Å². The van der Waals surface area contributed by atoms with Crippen LogP contribution in [0.4, 0.5) is 5.69 Å². The molecule has 38 heavy (non-hydrogen) atoms. The van der Waals surface area contributed by atoms with Crippen molar-refractivity contribution >= 4 is 34.4 Å². The number of amides is 2. The predicted octanol–water partition coefficient (Wildman–Crippen LogP) is 4.19. The highest BCUT2D eigenvalue weighted by molar-refractivity contribution is 6.02. The topological polar surface area (TPSA) is 94.9 Å². The summed E-state index contributed by atoms with van der Waals surface area (Å²) < 4.78 is 2.25. The molecule has 0 saturated heterocycles. The zero-order chi connectivity index (χ0) is 26.4. The van der Waals surface area contributed by atoms with Crippen LogP contribution in [0.5, 0.6) is 0 Å². The van der Waals surface area contributed by atoms with Crippen LogP contribution >= 0.6 is 0 Å². The maximum absolute atomic E-state index is 13.5. The Hall–Kier alpha value is -3.81. The standard InChI is InChI=1S/C30H34N4O4/c1-32-24-8-4-3-7-23(24)29(36)34-16-14-22-21-6-2-5-9-25(21)33(27(22)28(32)34)17-15-26(35)31-18-19-10-12-20(13-11-19)30(37)38/h2-9,19-20,28H,10-18H2,1H3,(H,31,35)(H,37,38)/t19?,20?,28-/m1/s1. The van der Waals surface area contributed by atoms with Gasteiger partial charge in [0.2, 0.25) is 5.91 Å².